The van der Waals surface area contributed by atoms with Gasteiger partial charge in [-0.3, -0.25) is 40.2 Å². The summed E-state index contributed by atoms with van der Waals surface area (Å²) in [5.41, 5.74) is 2.16. The summed E-state index contributed by atoms with van der Waals surface area (Å²) in [4.78, 5) is 43.8. The number of piperazine rings is 1. The van der Waals surface area contributed by atoms with Gasteiger partial charge in [0.25, 0.3) is 11.4 Å². The third kappa shape index (κ3) is 6.15. The number of anilines is 2. The van der Waals surface area contributed by atoms with E-state index < -0.39 is 9.85 Å². The molecule has 16 nitrogen and oxygen atoms in total. The summed E-state index contributed by atoms with van der Waals surface area (Å²) in [5.74, 6) is 1.78. The van der Waals surface area contributed by atoms with Crippen LogP contribution in [0.25, 0.3) is 34.2 Å². The van der Waals surface area contributed by atoms with Gasteiger partial charge in [0, 0.05) is 61.6 Å². The lowest BCUT2D eigenvalue weighted by Crippen LogP contribution is -2.49. The number of nitrogens with zero attached hydrogens (tertiary/aromatic N) is 10. The number of benzene rings is 4. The van der Waals surface area contributed by atoms with Gasteiger partial charge < -0.3 is 9.80 Å². The van der Waals surface area contributed by atoms with Crippen LogP contribution < -0.4 is 21.0 Å². The van der Waals surface area contributed by atoms with Gasteiger partial charge in [-0.2, -0.15) is 19.9 Å². The van der Waals surface area contributed by atoms with Crippen LogP contribution in [0.2, 0.25) is 0 Å². The highest BCUT2D eigenvalue weighted by Crippen LogP contribution is 2.30. The van der Waals surface area contributed by atoms with E-state index in [9.17, 15) is 20.2 Å². The van der Waals surface area contributed by atoms with Gasteiger partial charge in [0.1, 0.15) is 0 Å². The summed E-state index contributed by atoms with van der Waals surface area (Å²) >= 11 is 0. The van der Waals surface area contributed by atoms with Gasteiger partial charge in [-0.25, -0.2) is 0 Å². The van der Waals surface area contributed by atoms with E-state index >= 15 is 0 Å². The Morgan fingerprint density at radius 2 is 0.840 bits per heavy atom. The predicted octanol–water partition coefficient (Wildman–Crippen LogP) is 4.28. The number of hydrogen-bond acceptors (Lipinski definition) is 12. The molecule has 0 bridgehead atoms. The van der Waals surface area contributed by atoms with Crippen LogP contribution in [0.1, 0.15) is 0 Å². The molecule has 0 radical (unpaired) electrons. The summed E-state index contributed by atoms with van der Waals surface area (Å²) in [7, 11) is 0. The van der Waals surface area contributed by atoms with Gasteiger partial charge in [-0.15, -0.1) is 0 Å². The lowest BCUT2D eigenvalue weighted by atomic mass is 10.2. The van der Waals surface area contributed by atoms with Crippen molar-refractivity contribution in [1.82, 2.24) is 29.1 Å². The van der Waals surface area contributed by atoms with Crippen molar-refractivity contribution < 1.29 is 9.85 Å². The normalized spacial score (nSPS) is 12.9. The molecule has 2 N–H and O–H groups in total. The van der Waals surface area contributed by atoms with Crippen molar-refractivity contribution in [3.63, 3.8) is 0 Å². The molecule has 50 heavy (non-hydrogen) atoms. The lowest BCUT2D eigenvalue weighted by molar-refractivity contribution is -0.385. The largest absolute Gasteiger partial charge is 0.338 e. The van der Waals surface area contributed by atoms with E-state index in [1.54, 1.807) is 24.3 Å². The van der Waals surface area contributed by atoms with Crippen molar-refractivity contribution in [3.05, 3.63) is 141 Å². The maximum atomic E-state index is 11.3. The van der Waals surface area contributed by atoms with Crippen LogP contribution in [0.15, 0.2) is 109 Å². The second kappa shape index (κ2) is 13.2. The Morgan fingerprint density at radius 1 is 0.500 bits per heavy atom. The highest BCUT2D eigenvalue weighted by molar-refractivity contribution is 5.65. The fraction of sp³-hybridized carbons (Fsp3) is 0.118. The van der Waals surface area contributed by atoms with Crippen molar-refractivity contribution in [1.29, 1.82) is 10.8 Å². The van der Waals surface area contributed by atoms with Gasteiger partial charge in [0.15, 0.2) is 11.6 Å². The van der Waals surface area contributed by atoms with Crippen molar-refractivity contribution in [2.75, 3.05) is 36.0 Å². The van der Waals surface area contributed by atoms with Gasteiger partial charge in [-0.05, 0) is 48.5 Å². The molecule has 1 fully saturated rings. The van der Waals surface area contributed by atoms with E-state index in [0.29, 0.717) is 60.9 Å². The molecule has 6 aromatic rings. The molecule has 3 heterocycles. The molecule has 0 unspecified atom stereocenters. The first-order valence-electron chi connectivity index (χ1n) is 15.5. The number of hydrogen-bond donors (Lipinski definition) is 2. The number of rotatable bonds is 8. The molecule has 7 rings (SSSR count). The minimum absolute atomic E-state index is 0.0541. The molecule has 2 aromatic heterocycles. The number of aromatic nitrogens is 6. The zero-order chi connectivity index (χ0) is 34.8. The van der Waals surface area contributed by atoms with Crippen LogP contribution in [0.3, 0.4) is 0 Å². The summed E-state index contributed by atoms with van der Waals surface area (Å²) in [6, 6.07) is 31.0. The molecule has 0 amide bonds. The summed E-state index contributed by atoms with van der Waals surface area (Å²) < 4.78 is 3.69. The third-order valence-electron chi connectivity index (χ3n) is 8.21. The average Bonchev–Trinajstić information content (AvgIpc) is 3.15. The Kier molecular flexibility index (Phi) is 8.31. The average molecular weight is 669 g/mol. The standard InChI is InChI=1S/C34H28N12O4/c35-31-37-29(23-11-15-27(16-12-23)45(47)48)43(25-7-3-1-4-8-25)33(39-31)41-19-21-42(22-20-41)34-40-32(36)38-30(44(34)26-9-5-2-6-10-26)24-13-17-28(18-14-24)46(49)50/h1-18,35-36H,19-22H2. The fourth-order valence-corrected chi connectivity index (χ4v) is 5.84. The smallest absolute Gasteiger partial charge is 0.269 e. The second-order valence-corrected chi connectivity index (χ2v) is 11.3. The molecule has 1 aliphatic heterocycles. The Labute approximate surface area is 283 Å². The Morgan fingerprint density at radius 3 is 1.16 bits per heavy atom. The van der Waals surface area contributed by atoms with E-state index in [0.717, 1.165) is 11.4 Å². The zero-order valence-electron chi connectivity index (χ0n) is 26.3. The van der Waals surface area contributed by atoms with E-state index in [4.69, 9.17) is 10.8 Å². The van der Waals surface area contributed by atoms with E-state index in [1.807, 2.05) is 79.6 Å². The van der Waals surface area contributed by atoms with Crippen LogP contribution in [0, 0.1) is 31.0 Å². The van der Waals surface area contributed by atoms with Crippen molar-refractivity contribution in [2.45, 2.75) is 0 Å². The van der Waals surface area contributed by atoms with Crippen LogP contribution in [-0.4, -0.2) is 65.1 Å². The quantitative estimate of drug-likeness (QED) is 0.174. The summed E-state index contributed by atoms with van der Waals surface area (Å²) in [6.45, 7) is 1.84. The predicted molar refractivity (Wildman–Crippen MR) is 183 cm³/mol. The van der Waals surface area contributed by atoms with Crippen molar-refractivity contribution in [3.8, 4) is 34.2 Å². The van der Waals surface area contributed by atoms with Gasteiger partial charge >= 0.3 is 0 Å². The number of para-hydroxylation sites is 2. The summed E-state index contributed by atoms with van der Waals surface area (Å²) in [5, 5.41) is 39.7. The maximum absolute atomic E-state index is 11.3. The highest BCUT2D eigenvalue weighted by atomic mass is 16.6. The first-order chi connectivity index (χ1) is 24.3. The van der Waals surface area contributed by atoms with Crippen LogP contribution in [0.4, 0.5) is 23.3 Å². The van der Waals surface area contributed by atoms with Crippen LogP contribution in [-0.2, 0) is 0 Å². The zero-order valence-corrected chi connectivity index (χ0v) is 26.3. The van der Waals surface area contributed by atoms with Crippen molar-refractivity contribution in [2.24, 2.45) is 0 Å². The van der Waals surface area contributed by atoms with E-state index in [1.165, 1.54) is 24.3 Å². The van der Waals surface area contributed by atoms with E-state index in [2.05, 4.69) is 19.9 Å². The van der Waals surface area contributed by atoms with Crippen molar-refractivity contribution >= 4 is 23.3 Å². The third-order valence-corrected chi connectivity index (χ3v) is 8.21. The number of nitro benzene ring substituents is 2. The summed E-state index contributed by atoms with van der Waals surface area (Å²) in [6.07, 6.45) is 0. The number of nitro groups is 2. The lowest BCUT2D eigenvalue weighted by Gasteiger charge is -2.38. The first-order valence-corrected chi connectivity index (χ1v) is 15.5. The van der Waals surface area contributed by atoms with Crippen LogP contribution >= 0.6 is 0 Å². The Balaban J connectivity index is 1.28. The molecule has 1 saturated heterocycles. The molecular weight excluding hydrogens is 640 g/mol. The second-order valence-electron chi connectivity index (χ2n) is 11.3. The molecule has 248 valence electrons. The molecule has 0 aliphatic carbocycles. The number of non-ortho nitro benzene ring substituents is 2. The molecule has 0 atom stereocenters. The monoisotopic (exact) mass is 668 g/mol. The fourth-order valence-electron chi connectivity index (χ4n) is 5.84. The Bertz CT molecular complexity index is 2150. The van der Waals surface area contributed by atoms with Gasteiger partial charge in [0.2, 0.25) is 23.1 Å². The molecule has 1 aliphatic rings. The van der Waals surface area contributed by atoms with Gasteiger partial charge in [0.05, 0.1) is 21.2 Å². The molecular formula is C34H28N12O4. The topological polar surface area (TPSA) is 202 Å². The Hall–Kier alpha value is -7.10. The maximum Gasteiger partial charge on any atom is 0.269 e. The molecule has 0 spiro atoms. The highest BCUT2D eigenvalue weighted by Gasteiger charge is 2.27. The molecule has 0 saturated carbocycles. The molecule has 16 heteroatoms. The van der Waals surface area contributed by atoms with E-state index in [-0.39, 0.29) is 22.6 Å². The minimum Gasteiger partial charge on any atom is -0.338 e. The SMILES string of the molecule is N=c1nc(-c2ccc([N+](=O)[O-])cc2)n(-c2ccccc2)c(N2CCN(c3nc(=N)nc(-c4ccc([N+](=O)[O-])cc4)n3-c3ccccc3)CC2)n1. The minimum atomic E-state index is -0.465. The molecule has 4 aromatic carbocycles. The number of nitrogens with one attached hydrogen (secondary N) is 2. The van der Waals surface area contributed by atoms with Crippen LogP contribution in [0.5, 0.6) is 0 Å². The van der Waals surface area contributed by atoms with Gasteiger partial charge in [-0.1, -0.05) is 36.4 Å². The first kappa shape index (κ1) is 31.5.